The normalized spacial score (nSPS) is 27.5. The Kier molecular flexibility index (Phi) is 4.54. The third kappa shape index (κ3) is 3.08. The highest BCUT2D eigenvalue weighted by Crippen LogP contribution is 2.43. The van der Waals surface area contributed by atoms with Crippen molar-refractivity contribution < 1.29 is 9.53 Å². The highest BCUT2D eigenvalue weighted by Gasteiger charge is 2.57. The molecular weight excluding hydrogens is 374 g/mol. The van der Waals surface area contributed by atoms with Crippen molar-refractivity contribution in [3.8, 4) is 0 Å². The monoisotopic (exact) mass is 401 g/mol. The average molecular weight is 402 g/mol. The first-order valence-electron chi connectivity index (χ1n) is 10.1. The predicted octanol–water partition coefficient (Wildman–Crippen LogP) is 2.18. The minimum Gasteiger partial charge on any atom is -0.379 e. The number of thiophene rings is 1. The summed E-state index contributed by atoms with van der Waals surface area (Å²) >= 11 is 1.61. The first kappa shape index (κ1) is 18.3. The highest BCUT2D eigenvalue weighted by atomic mass is 32.1. The van der Waals surface area contributed by atoms with E-state index in [0.29, 0.717) is 31.5 Å². The number of rotatable bonds is 5. The fourth-order valence-electron chi connectivity index (χ4n) is 4.59. The zero-order valence-electron chi connectivity index (χ0n) is 16.2. The summed E-state index contributed by atoms with van der Waals surface area (Å²) in [6.07, 6.45) is 4.70. The van der Waals surface area contributed by atoms with Gasteiger partial charge in [-0.05, 0) is 25.0 Å². The van der Waals surface area contributed by atoms with Crippen LogP contribution in [0.25, 0.3) is 10.2 Å². The van der Waals surface area contributed by atoms with Gasteiger partial charge in [0.15, 0.2) is 0 Å². The fourth-order valence-corrected chi connectivity index (χ4v) is 5.62. The Hall–Kier alpha value is -1.74. The van der Waals surface area contributed by atoms with Gasteiger partial charge < -0.3 is 20.0 Å². The summed E-state index contributed by atoms with van der Waals surface area (Å²) in [5.74, 6) is 0.102. The third-order valence-corrected chi connectivity index (χ3v) is 7.59. The molecule has 2 saturated heterocycles. The lowest BCUT2D eigenvalue weighted by Gasteiger charge is -2.27. The van der Waals surface area contributed by atoms with E-state index in [-0.39, 0.29) is 11.4 Å². The molecule has 0 bridgehead atoms. The van der Waals surface area contributed by atoms with E-state index in [1.54, 1.807) is 16.2 Å². The van der Waals surface area contributed by atoms with E-state index in [0.717, 1.165) is 40.4 Å². The number of morpholine rings is 1. The number of ether oxygens (including phenoxy) is 1. The maximum atomic E-state index is 12.6. The SMILES string of the molecule is CN(C(=O)CN1CCOCC1)c1cc2[nH]c(C(=N)C34CCCCC3N4)cc2s1. The molecule has 2 atom stereocenters. The first-order chi connectivity index (χ1) is 13.6. The van der Waals surface area contributed by atoms with Crippen LogP contribution in [0.2, 0.25) is 0 Å². The number of fused-ring (bicyclic) bond motifs is 2. The molecule has 2 aromatic rings. The summed E-state index contributed by atoms with van der Waals surface area (Å²) in [6, 6.07) is 4.59. The Labute approximate surface area is 168 Å². The lowest BCUT2D eigenvalue weighted by molar-refractivity contribution is -0.120. The molecule has 4 heterocycles. The number of H-pyrrole nitrogens is 1. The Morgan fingerprint density at radius 3 is 2.96 bits per heavy atom. The van der Waals surface area contributed by atoms with Crippen molar-refractivity contribution >= 4 is 38.2 Å². The van der Waals surface area contributed by atoms with Gasteiger partial charge in [0.2, 0.25) is 5.91 Å². The Morgan fingerprint density at radius 1 is 1.39 bits per heavy atom. The molecular formula is C20H27N5O2S. The van der Waals surface area contributed by atoms with Gasteiger partial charge in [0.25, 0.3) is 0 Å². The van der Waals surface area contributed by atoms with Gasteiger partial charge in [-0.2, -0.15) is 0 Å². The summed E-state index contributed by atoms with van der Waals surface area (Å²) in [7, 11) is 1.84. The van der Waals surface area contributed by atoms with Crippen LogP contribution in [0, 0.1) is 5.41 Å². The standard InChI is InChI=1S/C20H27N5O2S/c1-24(17(26)12-25-6-8-27-9-7-25)18-11-13-15(28-18)10-14(22-13)19(21)20-5-3-2-4-16(20)23-20/h10-11,16,21-23H,2-9,12H2,1H3. The van der Waals surface area contributed by atoms with Crippen molar-refractivity contribution in [3.05, 3.63) is 17.8 Å². The molecule has 28 heavy (non-hydrogen) atoms. The average Bonchev–Trinajstić information content (AvgIpc) is 3.15. The van der Waals surface area contributed by atoms with Crippen LogP contribution in [0.3, 0.4) is 0 Å². The van der Waals surface area contributed by atoms with E-state index in [4.69, 9.17) is 10.1 Å². The number of amides is 1. The van der Waals surface area contributed by atoms with Crippen LogP contribution < -0.4 is 10.2 Å². The summed E-state index contributed by atoms with van der Waals surface area (Å²) in [6.45, 7) is 3.45. The van der Waals surface area contributed by atoms with Crippen molar-refractivity contribution in [1.82, 2.24) is 15.2 Å². The van der Waals surface area contributed by atoms with Crippen molar-refractivity contribution in [3.63, 3.8) is 0 Å². The van der Waals surface area contributed by atoms with E-state index in [1.165, 1.54) is 19.3 Å². The molecule has 1 saturated carbocycles. The molecule has 0 aromatic carbocycles. The van der Waals surface area contributed by atoms with Gasteiger partial charge in [0, 0.05) is 26.2 Å². The van der Waals surface area contributed by atoms with Crippen LogP contribution in [0.4, 0.5) is 5.00 Å². The number of hydrogen-bond donors (Lipinski definition) is 3. The zero-order chi connectivity index (χ0) is 19.3. The molecule has 2 aliphatic heterocycles. The molecule has 3 aliphatic rings. The number of likely N-dealkylation sites (N-methyl/N-ethyl adjacent to an activating group) is 1. The summed E-state index contributed by atoms with van der Waals surface area (Å²) in [4.78, 5) is 19.9. The van der Waals surface area contributed by atoms with Gasteiger partial charge in [-0.25, -0.2) is 0 Å². The Morgan fingerprint density at radius 2 is 2.21 bits per heavy atom. The first-order valence-corrected chi connectivity index (χ1v) is 10.9. The minimum absolute atomic E-state index is 0.0982. The fraction of sp³-hybridized carbons (Fsp3) is 0.600. The van der Waals surface area contributed by atoms with E-state index in [9.17, 15) is 4.79 Å². The van der Waals surface area contributed by atoms with Crippen molar-refractivity contribution in [2.24, 2.45) is 0 Å². The quantitative estimate of drug-likeness (QED) is 0.529. The molecule has 2 aromatic heterocycles. The van der Waals surface area contributed by atoms with Gasteiger partial charge in [-0.3, -0.25) is 15.0 Å². The maximum absolute atomic E-state index is 12.6. The zero-order valence-corrected chi connectivity index (χ0v) is 17.0. The molecule has 3 N–H and O–H groups in total. The van der Waals surface area contributed by atoms with Crippen LogP contribution in [-0.2, 0) is 9.53 Å². The minimum atomic E-state index is -0.0982. The molecule has 8 heteroatoms. The maximum Gasteiger partial charge on any atom is 0.241 e. The number of carbonyl (C=O) groups excluding carboxylic acids is 1. The number of nitrogens with zero attached hydrogens (tertiary/aromatic N) is 2. The largest absolute Gasteiger partial charge is 0.379 e. The molecule has 3 fully saturated rings. The lowest BCUT2D eigenvalue weighted by Crippen LogP contribution is -2.43. The number of aromatic nitrogens is 1. The van der Waals surface area contributed by atoms with E-state index < -0.39 is 0 Å². The highest BCUT2D eigenvalue weighted by molar-refractivity contribution is 7.23. The number of anilines is 1. The van der Waals surface area contributed by atoms with E-state index in [2.05, 4.69) is 21.3 Å². The molecule has 7 nitrogen and oxygen atoms in total. The van der Waals surface area contributed by atoms with Crippen molar-refractivity contribution in [1.29, 1.82) is 5.41 Å². The Balaban J connectivity index is 1.29. The third-order valence-electron chi connectivity index (χ3n) is 6.43. The van der Waals surface area contributed by atoms with Gasteiger partial charge >= 0.3 is 0 Å². The number of hydrogen-bond acceptors (Lipinski definition) is 6. The van der Waals surface area contributed by atoms with Crippen molar-refractivity contribution in [2.45, 2.75) is 37.3 Å². The van der Waals surface area contributed by atoms with Crippen LogP contribution >= 0.6 is 11.3 Å². The molecule has 150 valence electrons. The predicted molar refractivity (Wildman–Crippen MR) is 112 cm³/mol. The second kappa shape index (κ2) is 6.95. The molecule has 0 radical (unpaired) electrons. The summed E-state index contributed by atoms with van der Waals surface area (Å²) in [5.41, 5.74) is 2.51. The second-order valence-electron chi connectivity index (χ2n) is 8.18. The van der Waals surface area contributed by atoms with E-state index >= 15 is 0 Å². The van der Waals surface area contributed by atoms with Crippen LogP contribution in [0.1, 0.15) is 31.4 Å². The van der Waals surface area contributed by atoms with E-state index in [1.807, 2.05) is 13.1 Å². The molecule has 5 rings (SSSR count). The summed E-state index contributed by atoms with van der Waals surface area (Å²) in [5, 5.41) is 13.2. The van der Waals surface area contributed by atoms with Gasteiger partial charge in [-0.1, -0.05) is 12.8 Å². The van der Waals surface area contributed by atoms with Gasteiger partial charge in [-0.15, -0.1) is 11.3 Å². The topological polar surface area (TPSA) is 94.4 Å². The molecule has 0 spiro atoms. The number of aromatic amines is 1. The summed E-state index contributed by atoms with van der Waals surface area (Å²) < 4.78 is 6.45. The molecule has 2 unspecified atom stereocenters. The smallest absolute Gasteiger partial charge is 0.241 e. The van der Waals surface area contributed by atoms with Crippen LogP contribution in [-0.4, -0.2) is 73.0 Å². The lowest BCUT2D eigenvalue weighted by atomic mass is 9.84. The van der Waals surface area contributed by atoms with Crippen LogP contribution in [0.5, 0.6) is 0 Å². The Bertz CT molecular complexity index is 883. The second-order valence-corrected chi connectivity index (χ2v) is 9.24. The van der Waals surface area contributed by atoms with Crippen LogP contribution in [0.15, 0.2) is 12.1 Å². The molecule has 1 amide bonds. The number of nitrogens with one attached hydrogen (secondary N) is 3. The van der Waals surface area contributed by atoms with Gasteiger partial charge in [0.05, 0.1) is 46.9 Å². The van der Waals surface area contributed by atoms with Crippen molar-refractivity contribution in [2.75, 3.05) is 44.8 Å². The number of carbonyl (C=O) groups is 1. The van der Waals surface area contributed by atoms with Gasteiger partial charge in [0.1, 0.15) is 5.00 Å². The molecule has 1 aliphatic carbocycles.